The Morgan fingerprint density at radius 1 is 1.30 bits per heavy atom. The minimum Gasteiger partial charge on any atom is -0.339 e. The second kappa shape index (κ2) is 5.33. The fourth-order valence-electron chi connectivity index (χ4n) is 2.06. The Bertz CT molecular complexity index is 680. The standard InChI is InChI=1S/C14H11Br2FN2O/c15-8-5-13(19(7-8)10-2-3-10)14(20)18-12-4-1-9(17)6-11(12)16/h1,4-7,10H,2-3H2,(H,18,20). The summed E-state index contributed by atoms with van der Waals surface area (Å²) in [6.45, 7) is 0. The van der Waals surface area contributed by atoms with Gasteiger partial charge in [-0.15, -0.1) is 0 Å². The molecule has 1 heterocycles. The van der Waals surface area contributed by atoms with E-state index in [0.717, 1.165) is 17.3 Å². The Morgan fingerprint density at radius 3 is 2.70 bits per heavy atom. The van der Waals surface area contributed by atoms with E-state index in [1.54, 1.807) is 6.07 Å². The summed E-state index contributed by atoms with van der Waals surface area (Å²) in [5.41, 5.74) is 1.16. The molecule has 0 aliphatic heterocycles. The van der Waals surface area contributed by atoms with Crippen molar-refractivity contribution in [3.05, 3.63) is 50.9 Å². The van der Waals surface area contributed by atoms with Crippen LogP contribution in [0.3, 0.4) is 0 Å². The van der Waals surface area contributed by atoms with Crippen molar-refractivity contribution in [1.29, 1.82) is 0 Å². The summed E-state index contributed by atoms with van der Waals surface area (Å²) >= 11 is 6.64. The molecule has 104 valence electrons. The monoisotopic (exact) mass is 400 g/mol. The number of nitrogens with zero attached hydrogens (tertiary/aromatic N) is 1. The van der Waals surface area contributed by atoms with Crippen molar-refractivity contribution in [1.82, 2.24) is 4.57 Å². The SMILES string of the molecule is O=C(Nc1ccc(F)cc1Br)c1cc(Br)cn1C1CC1. The molecule has 1 saturated carbocycles. The average molecular weight is 402 g/mol. The van der Waals surface area contributed by atoms with Crippen molar-refractivity contribution >= 4 is 43.5 Å². The maximum atomic E-state index is 13.0. The number of anilines is 1. The van der Waals surface area contributed by atoms with Gasteiger partial charge in [-0.05, 0) is 69.0 Å². The molecule has 1 aliphatic carbocycles. The predicted octanol–water partition coefficient (Wildman–Crippen LogP) is 4.74. The smallest absolute Gasteiger partial charge is 0.272 e. The number of halogens is 3. The van der Waals surface area contributed by atoms with Crippen LogP contribution < -0.4 is 5.32 Å². The molecule has 1 amide bonds. The van der Waals surface area contributed by atoms with Crippen LogP contribution in [0.5, 0.6) is 0 Å². The maximum Gasteiger partial charge on any atom is 0.272 e. The molecule has 3 rings (SSSR count). The minimum atomic E-state index is -0.348. The van der Waals surface area contributed by atoms with E-state index < -0.39 is 0 Å². The number of benzene rings is 1. The van der Waals surface area contributed by atoms with Gasteiger partial charge < -0.3 is 9.88 Å². The fourth-order valence-corrected chi connectivity index (χ4v) is 2.95. The molecule has 0 spiro atoms. The lowest BCUT2D eigenvalue weighted by molar-refractivity contribution is 0.101. The van der Waals surface area contributed by atoms with Gasteiger partial charge >= 0.3 is 0 Å². The summed E-state index contributed by atoms with van der Waals surface area (Å²) in [4.78, 5) is 12.4. The van der Waals surface area contributed by atoms with Crippen LogP contribution in [0, 0.1) is 5.82 Å². The number of hydrogen-bond donors (Lipinski definition) is 1. The molecule has 6 heteroatoms. The normalized spacial score (nSPS) is 14.3. The van der Waals surface area contributed by atoms with Gasteiger partial charge in [0.1, 0.15) is 11.5 Å². The molecule has 20 heavy (non-hydrogen) atoms. The zero-order chi connectivity index (χ0) is 14.3. The molecule has 3 nitrogen and oxygen atoms in total. The first kappa shape index (κ1) is 13.8. The molecule has 0 radical (unpaired) electrons. The molecular formula is C14H11Br2FN2O. The molecule has 2 aromatic rings. The lowest BCUT2D eigenvalue weighted by atomic mass is 10.3. The largest absolute Gasteiger partial charge is 0.339 e. The van der Waals surface area contributed by atoms with Crippen LogP contribution in [0.25, 0.3) is 0 Å². The molecule has 0 unspecified atom stereocenters. The third kappa shape index (κ3) is 2.81. The summed E-state index contributed by atoms with van der Waals surface area (Å²) in [6.07, 6.45) is 4.12. The Labute approximate surface area is 132 Å². The Hall–Kier alpha value is -1.14. The van der Waals surface area contributed by atoms with Gasteiger partial charge in [0.05, 0.1) is 5.69 Å². The number of carbonyl (C=O) groups is 1. The Morgan fingerprint density at radius 2 is 2.05 bits per heavy atom. The lowest BCUT2D eigenvalue weighted by Crippen LogP contribution is -2.16. The van der Waals surface area contributed by atoms with E-state index in [1.165, 1.54) is 18.2 Å². The first-order valence-corrected chi connectivity index (χ1v) is 7.77. The van der Waals surface area contributed by atoms with Crippen LogP contribution in [0.2, 0.25) is 0 Å². The van der Waals surface area contributed by atoms with Crippen LogP contribution in [-0.2, 0) is 0 Å². The van der Waals surface area contributed by atoms with E-state index >= 15 is 0 Å². The molecule has 0 saturated heterocycles. The zero-order valence-corrected chi connectivity index (χ0v) is 13.5. The summed E-state index contributed by atoms with van der Waals surface area (Å²) in [5, 5.41) is 2.80. The quantitative estimate of drug-likeness (QED) is 0.791. The van der Waals surface area contributed by atoms with Crippen molar-refractivity contribution in [3.8, 4) is 0 Å². The molecule has 1 fully saturated rings. The second-order valence-corrected chi connectivity index (χ2v) is 6.53. The maximum absolute atomic E-state index is 13.0. The van der Waals surface area contributed by atoms with Crippen molar-refractivity contribution in [2.24, 2.45) is 0 Å². The van der Waals surface area contributed by atoms with Crippen LogP contribution in [0.15, 0.2) is 39.4 Å². The van der Waals surface area contributed by atoms with Gasteiger partial charge in [-0.3, -0.25) is 4.79 Å². The fraction of sp³-hybridized carbons (Fsp3) is 0.214. The van der Waals surface area contributed by atoms with Gasteiger partial charge in [0.2, 0.25) is 0 Å². The van der Waals surface area contributed by atoms with Gasteiger partial charge in [0.15, 0.2) is 0 Å². The Balaban J connectivity index is 1.86. The van der Waals surface area contributed by atoms with Crippen molar-refractivity contribution < 1.29 is 9.18 Å². The first-order chi connectivity index (χ1) is 9.54. The van der Waals surface area contributed by atoms with Gasteiger partial charge in [-0.1, -0.05) is 0 Å². The van der Waals surface area contributed by atoms with Crippen LogP contribution in [0.1, 0.15) is 29.4 Å². The van der Waals surface area contributed by atoms with Crippen LogP contribution in [0.4, 0.5) is 10.1 Å². The summed E-state index contributed by atoms with van der Waals surface area (Å²) in [5.74, 6) is -0.547. The van der Waals surface area contributed by atoms with E-state index in [0.29, 0.717) is 21.9 Å². The third-order valence-electron chi connectivity index (χ3n) is 3.17. The summed E-state index contributed by atoms with van der Waals surface area (Å²) in [7, 11) is 0. The molecule has 1 aromatic heterocycles. The van der Waals surface area contributed by atoms with Crippen LogP contribution in [-0.4, -0.2) is 10.5 Å². The molecule has 0 bridgehead atoms. The number of nitrogens with one attached hydrogen (secondary N) is 1. The first-order valence-electron chi connectivity index (χ1n) is 6.18. The van der Waals surface area contributed by atoms with E-state index in [-0.39, 0.29) is 11.7 Å². The van der Waals surface area contributed by atoms with Gasteiger partial charge in [0.25, 0.3) is 5.91 Å². The van der Waals surface area contributed by atoms with E-state index in [2.05, 4.69) is 37.2 Å². The minimum absolute atomic E-state index is 0.199. The second-order valence-electron chi connectivity index (χ2n) is 4.76. The number of aromatic nitrogens is 1. The third-order valence-corrected chi connectivity index (χ3v) is 4.26. The predicted molar refractivity (Wildman–Crippen MR) is 82.5 cm³/mol. The van der Waals surface area contributed by atoms with E-state index in [4.69, 9.17) is 0 Å². The van der Waals surface area contributed by atoms with Crippen molar-refractivity contribution in [2.75, 3.05) is 5.32 Å². The number of rotatable bonds is 3. The van der Waals surface area contributed by atoms with E-state index in [9.17, 15) is 9.18 Å². The van der Waals surface area contributed by atoms with Gasteiger partial charge in [-0.25, -0.2) is 4.39 Å². The highest BCUT2D eigenvalue weighted by Gasteiger charge is 2.27. The molecule has 1 N–H and O–H groups in total. The zero-order valence-electron chi connectivity index (χ0n) is 10.4. The molecular weight excluding hydrogens is 391 g/mol. The van der Waals surface area contributed by atoms with Crippen LogP contribution >= 0.6 is 31.9 Å². The van der Waals surface area contributed by atoms with E-state index in [1.807, 2.05) is 10.8 Å². The number of amides is 1. The highest BCUT2D eigenvalue weighted by Crippen LogP contribution is 2.37. The summed E-state index contributed by atoms with van der Waals surface area (Å²) < 4.78 is 16.4. The highest BCUT2D eigenvalue weighted by atomic mass is 79.9. The topological polar surface area (TPSA) is 34.0 Å². The average Bonchev–Trinajstić information content (AvgIpc) is 3.16. The van der Waals surface area contributed by atoms with Crippen molar-refractivity contribution in [2.45, 2.75) is 18.9 Å². The molecule has 1 aliphatic rings. The van der Waals surface area contributed by atoms with Gasteiger partial charge in [0, 0.05) is 21.2 Å². The van der Waals surface area contributed by atoms with Crippen molar-refractivity contribution in [3.63, 3.8) is 0 Å². The lowest BCUT2D eigenvalue weighted by Gasteiger charge is -2.10. The van der Waals surface area contributed by atoms with Gasteiger partial charge in [-0.2, -0.15) is 0 Å². The molecule has 0 atom stereocenters. The Kier molecular flexibility index (Phi) is 3.69. The summed E-state index contributed by atoms with van der Waals surface area (Å²) in [6, 6.07) is 6.39. The highest BCUT2D eigenvalue weighted by molar-refractivity contribution is 9.10. The number of carbonyl (C=O) groups excluding carboxylic acids is 1. The molecule has 1 aromatic carbocycles. The number of hydrogen-bond acceptors (Lipinski definition) is 1.